The zero-order valence-electron chi connectivity index (χ0n) is 14.7. The van der Waals surface area contributed by atoms with Gasteiger partial charge in [-0.2, -0.15) is 11.8 Å². The summed E-state index contributed by atoms with van der Waals surface area (Å²) in [6, 6.07) is 4.98. The summed E-state index contributed by atoms with van der Waals surface area (Å²) in [5.41, 5.74) is 0.0585. The van der Waals surface area contributed by atoms with E-state index in [-0.39, 0.29) is 29.3 Å². The topological polar surface area (TPSA) is 66.5 Å². The van der Waals surface area contributed by atoms with E-state index < -0.39 is 17.8 Å². The Kier molecular flexibility index (Phi) is 5.96. The third-order valence-corrected chi connectivity index (χ3v) is 5.86. The molecule has 1 heterocycles. The van der Waals surface area contributed by atoms with Crippen LogP contribution in [0.1, 0.15) is 32.1 Å². The highest BCUT2D eigenvalue weighted by Crippen LogP contribution is 2.39. The number of carbonyl (C=O) groups excluding carboxylic acids is 3. The molecule has 5 nitrogen and oxygen atoms in total. The number of benzene rings is 1. The smallest absolute Gasteiger partial charge is 0.247 e. The van der Waals surface area contributed by atoms with Gasteiger partial charge < -0.3 is 5.32 Å². The Balaban J connectivity index is 1.83. The first-order valence-corrected chi connectivity index (χ1v) is 10.3. The summed E-state index contributed by atoms with van der Waals surface area (Å²) in [6.45, 7) is 0. The number of rotatable bonds is 6. The number of nitrogens with one attached hydrogen (secondary N) is 1. The van der Waals surface area contributed by atoms with Crippen LogP contribution in [0.2, 0.25) is 0 Å². The van der Waals surface area contributed by atoms with Gasteiger partial charge in [-0.15, -0.1) is 0 Å². The van der Waals surface area contributed by atoms with Crippen LogP contribution in [-0.4, -0.2) is 40.7 Å². The van der Waals surface area contributed by atoms with Gasteiger partial charge in [0.25, 0.3) is 0 Å². The molecule has 2 fully saturated rings. The van der Waals surface area contributed by atoms with Crippen LogP contribution in [0.15, 0.2) is 24.3 Å². The van der Waals surface area contributed by atoms with Gasteiger partial charge in [0.1, 0.15) is 11.9 Å². The normalized spacial score (nSPS) is 23.7. The molecule has 0 bridgehead atoms. The molecule has 3 atom stereocenters. The predicted molar refractivity (Wildman–Crippen MR) is 99.1 cm³/mol. The first-order chi connectivity index (χ1) is 12.5. The van der Waals surface area contributed by atoms with Crippen molar-refractivity contribution >= 4 is 35.2 Å². The molecule has 3 rings (SSSR count). The maximum atomic E-state index is 13.9. The number of likely N-dealkylation sites (tertiary alicyclic amines) is 1. The molecule has 0 radical (unpaired) electrons. The summed E-state index contributed by atoms with van der Waals surface area (Å²) in [5, 5.41) is 2.55. The van der Waals surface area contributed by atoms with Crippen LogP contribution in [0.4, 0.5) is 10.1 Å². The minimum Gasteiger partial charge on any atom is -0.322 e. The van der Waals surface area contributed by atoms with Crippen LogP contribution >= 0.6 is 11.8 Å². The number of thioether (sulfide) groups is 1. The lowest BCUT2D eigenvalue weighted by Crippen LogP contribution is -2.48. The number of nitrogens with zero attached hydrogens (tertiary/aromatic N) is 1. The lowest BCUT2D eigenvalue weighted by atomic mass is 9.81. The average Bonchev–Trinajstić information content (AvgIpc) is 2.89. The minimum absolute atomic E-state index is 0.0585. The van der Waals surface area contributed by atoms with Crippen molar-refractivity contribution in [3.05, 3.63) is 30.1 Å². The zero-order chi connectivity index (χ0) is 18.7. The second kappa shape index (κ2) is 8.20. The fraction of sp³-hybridized carbons (Fsp3) is 0.526. The van der Waals surface area contributed by atoms with E-state index in [1.54, 1.807) is 17.8 Å². The number of halogens is 1. The molecule has 1 saturated heterocycles. The largest absolute Gasteiger partial charge is 0.322 e. The number of imide groups is 1. The van der Waals surface area contributed by atoms with Gasteiger partial charge in [-0.1, -0.05) is 25.0 Å². The highest BCUT2D eigenvalue weighted by Gasteiger charge is 2.51. The summed E-state index contributed by atoms with van der Waals surface area (Å²) in [4.78, 5) is 39.6. The monoisotopic (exact) mass is 378 g/mol. The number of carbonyl (C=O) groups is 3. The number of amides is 3. The SMILES string of the molecule is CSCC[C@H](C(=O)Nc1ccccc1F)N1C(=O)[C@@H]2CCCC[C@H]2C1=O. The Morgan fingerprint density at radius 2 is 1.85 bits per heavy atom. The zero-order valence-corrected chi connectivity index (χ0v) is 15.6. The van der Waals surface area contributed by atoms with Gasteiger partial charge in [0.2, 0.25) is 17.7 Å². The van der Waals surface area contributed by atoms with Gasteiger partial charge in [-0.25, -0.2) is 4.39 Å². The van der Waals surface area contributed by atoms with E-state index >= 15 is 0 Å². The summed E-state index contributed by atoms with van der Waals surface area (Å²) in [5.74, 6) is -1.50. The van der Waals surface area contributed by atoms with Crippen LogP contribution in [-0.2, 0) is 14.4 Å². The van der Waals surface area contributed by atoms with Crippen molar-refractivity contribution in [1.29, 1.82) is 0 Å². The van der Waals surface area contributed by atoms with Crippen LogP contribution in [0.3, 0.4) is 0 Å². The first-order valence-electron chi connectivity index (χ1n) is 8.96. The Labute approximate surface area is 156 Å². The molecular formula is C19H23FN2O3S. The van der Waals surface area contributed by atoms with E-state index in [0.29, 0.717) is 25.0 Å². The molecule has 1 N–H and O–H groups in total. The fourth-order valence-corrected chi connectivity index (χ4v) is 4.34. The molecule has 26 heavy (non-hydrogen) atoms. The second-order valence-corrected chi connectivity index (χ2v) is 7.80. The molecule has 0 aromatic heterocycles. The summed E-state index contributed by atoms with van der Waals surface area (Å²) in [7, 11) is 0. The van der Waals surface area contributed by atoms with E-state index in [1.165, 1.54) is 18.2 Å². The van der Waals surface area contributed by atoms with Gasteiger partial charge in [-0.3, -0.25) is 19.3 Å². The quantitative estimate of drug-likeness (QED) is 0.773. The number of fused-ring (bicyclic) bond motifs is 1. The first kappa shape index (κ1) is 18.9. The predicted octanol–water partition coefficient (Wildman–Crippen LogP) is 3.06. The van der Waals surface area contributed by atoms with Crippen molar-refractivity contribution in [3.8, 4) is 0 Å². The molecule has 0 spiro atoms. The average molecular weight is 378 g/mol. The maximum Gasteiger partial charge on any atom is 0.247 e. The molecule has 1 aliphatic carbocycles. The number of hydrogen-bond donors (Lipinski definition) is 1. The van der Waals surface area contributed by atoms with E-state index in [0.717, 1.165) is 17.7 Å². The molecule has 1 aromatic rings. The molecule has 2 aliphatic rings. The number of hydrogen-bond acceptors (Lipinski definition) is 4. The van der Waals surface area contributed by atoms with Crippen molar-refractivity contribution in [2.45, 2.75) is 38.1 Å². The lowest BCUT2D eigenvalue weighted by molar-refractivity contribution is -0.146. The molecule has 140 valence electrons. The van der Waals surface area contributed by atoms with Gasteiger partial charge in [-0.05, 0) is 43.4 Å². The van der Waals surface area contributed by atoms with Gasteiger partial charge in [0, 0.05) is 0 Å². The highest BCUT2D eigenvalue weighted by molar-refractivity contribution is 7.98. The highest BCUT2D eigenvalue weighted by atomic mass is 32.2. The molecule has 3 amide bonds. The molecule has 0 unspecified atom stereocenters. The third kappa shape index (κ3) is 3.63. The van der Waals surface area contributed by atoms with Crippen LogP contribution < -0.4 is 5.32 Å². The minimum atomic E-state index is -0.896. The van der Waals surface area contributed by atoms with Crippen LogP contribution in [0.25, 0.3) is 0 Å². The molecule has 1 aromatic carbocycles. The summed E-state index contributed by atoms with van der Waals surface area (Å²) >= 11 is 1.54. The van der Waals surface area contributed by atoms with Crippen molar-refractivity contribution in [2.75, 3.05) is 17.3 Å². The van der Waals surface area contributed by atoms with Crippen molar-refractivity contribution in [3.63, 3.8) is 0 Å². The third-order valence-electron chi connectivity index (χ3n) is 5.22. The molecule has 1 aliphatic heterocycles. The molecular weight excluding hydrogens is 355 g/mol. The number of anilines is 1. The fourth-order valence-electron chi connectivity index (χ4n) is 3.88. The van der Waals surface area contributed by atoms with Gasteiger partial charge in [0.05, 0.1) is 17.5 Å². The van der Waals surface area contributed by atoms with Crippen LogP contribution in [0, 0.1) is 17.7 Å². The Hall–Kier alpha value is -1.89. The van der Waals surface area contributed by atoms with Crippen LogP contribution in [0.5, 0.6) is 0 Å². The van der Waals surface area contributed by atoms with E-state index in [1.807, 2.05) is 6.26 Å². The standard InChI is InChI=1S/C19H23FN2O3S/c1-26-11-10-16(17(23)21-15-9-5-4-8-14(15)20)22-18(24)12-6-2-3-7-13(12)19(22)25/h4-5,8-9,12-13,16H,2-3,6-7,10-11H2,1H3,(H,21,23)/t12-,13-,16-/m1/s1. The van der Waals surface area contributed by atoms with E-state index in [2.05, 4.69) is 5.32 Å². The number of para-hydroxylation sites is 1. The van der Waals surface area contributed by atoms with Gasteiger partial charge >= 0.3 is 0 Å². The summed E-state index contributed by atoms with van der Waals surface area (Å²) in [6.07, 6.45) is 5.54. The Morgan fingerprint density at radius 1 is 1.23 bits per heavy atom. The van der Waals surface area contributed by atoms with Gasteiger partial charge in [0.15, 0.2) is 0 Å². The van der Waals surface area contributed by atoms with Crippen molar-refractivity contribution < 1.29 is 18.8 Å². The van der Waals surface area contributed by atoms with Crippen molar-refractivity contribution in [1.82, 2.24) is 4.90 Å². The Bertz CT molecular complexity index is 688. The van der Waals surface area contributed by atoms with E-state index in [9.17, 15) is 18.8 Å². The van der Waals surface area contributed by atoms with Crippen molar-refractivity contribution in [2.24, 2.45) is 11.8 Å². The molecule has 1 saturated carbocycles. The van der Waals surface area contributed by atoms with E-state index in [4.69, 9.17) is 0 Å². The second-order valence-electron chi connectivity index (χ2n) is 6.81. The maximum absolute atomic E-state index is 13.9. The Morgan fingerprint density at radius 3 is 2.42 bits per heavy atom. The molecule has 7 heteroatoms. The summed E-state index contributed by atoms with van der Waals surface area (Å²) < 4.78 is 13.9. The lowest BCUT2D eigenvalue weighted by Gasteiger charge is -2.26.